The van der Waals surface area contributed by atoms with Gasteiger partial charge in [0.15, 0.2) is 34.5 Å². The molecule has 242 valence electrons. The largest absolute Gasteiger partial charge is 0.504 e. The third kappa shape index (κ3) is 6.32. The van der Waals surface area contributed by atoms with Gasteiger partial charge in [-0.25, -0.2) is 0 Å². The van der Waals surface area contributed by atoms with Gasteiger partial charge in [-0.05, 0) is 122 Å². The van der Waals surface area contributed by atoms with Crippen molar-refractivity contribution in [3.63, 3.8) is 0 Å². The van der Waals surface area contributed by atoms with Gasteiger partial charge >= 0.3 is 0 Å². The number of phenols is 1. The predicted octanol–water partition coefficient (Wildman–Crippen LogP) is 6.76. The Morgan fingerprint density at radius 3 is 1.65 bits per heavy atom. The van der Waals surface area contributed by atoms with Gasteiger partial charge < -0.3 is 28.8 Å². The zero-order chi connectivity index (χ0) is 32.4. The molecule has 2 aliphatic heterocycles. The van der Waals surface area contributed by atoms with Gasteiger partial charge in [0.2, 0.25) is 0 Å². The first kappa shape index (κ1) is 31.6. The Kier molecular flexibility index (Phi) is 9.29. The molecule has 8 nitrogen and oxygen atoms in total. The van der Waals surface area contributed by atoms with E-state index in [0.717, 1.165) is 61.6 Å². The van der Waals surface area contributed by atoms with Gasteiger partial charge in [0.05, 0.1) is 28.4 Å². The molecule has 0 aliphatic carbocycles. The summed E-state index contributed by atoms with van der Waals surface area (Å²) in [7, 11) is 11.0. The number of nitrogens with zero attached hydrogens (tertiary/aromatic N) is 2. The number of fused-ring (bicyclic) bond motifs is 2. The first-order valence-corrected chi connectivity index (χ1v) is 15.8. The standard InChI is InChI=1S/C38H44N2O6/c1-39-15-14-27-21-36(44-5)38(23-30(27)31(39)17-24-7-10-28(42-3)11-8-24)46-34-19-25(9-12-33(34)41)18-32-29-22-37(45-6)35(43-4)20-26(29)13-16-40(32)2/h7-12,19-23,31-32,41H,13-18H2,1-6H3/t31-,32+/m1/s1. The van der Waals surface area contributed by atoms with Crippen LogP contribution >= 0.6 is 0 Å². The number of benzene rings is 4. The number of likely N-dealkylation sites (N-methyl/N-ethyl adjacent to an activating group) is 2. The predicted molar refractivity (Wildman–Crippen MR) is 179 cm³/mol. The van der Waals surface area contributed by atoms with Crippen molar-refractivity contribution in [2.75, 3.05) is 55.6 Å². The molecule has 0 saturated carbocycles. The third-order valence-corrected chi connectivity index (χ3v) is 9.58. The molecule has 0 radical (unpaired) electrons. The normalized spacial score (nSPS) is 18.0. The average Bonchev–Trinajstić information content (AvgIpc) is 3.08. The lowest BCUT2D eigenvalue weighted by Crippen LogP contribution is -2.33. The lowest BCUT2D eigenvalue weighted by Gasteiger charge is -2.35. The molecule has 8 heteroatoms. The van der Waals surface area contributed by atoms with Crippen LogP contribution in [0.5, 0.6) is 40.2 Å². The molecule has 46 heavy (non-hydrogen) atoms. The van der Waals surface area contributed by atoms with E-state index in [9.17, 15) is 5.11 Å². The van der Waals surface area contributed by atoms with E-state index >= 15 is 0 Å². The highest BCUT2D eigenvalue weighted by Crippen LogP contribution is 2.44. The summed E-state index contributed by atoms with van der Waals surface area (Å²) >= 11 is 0. The van der Waals surface area contributed by atoms with E-state index < -0.39 is 0 Å². The van der Waals surface area contributed by atoms with Crippen molar-refractivity contribution < 1.29 is 28.8 Å². The Balaban J connectivity index is 1.29. The van der Waals surface area contributed by atoms with E-state index in [-0.39, 0.29) is 17.8 Å². The molecule has 4 aromatic rings. The Bertz CT molecular complexity index is 1690. The molecule has 2 heterocycles. The maximum atomic E-state index is 10.9. The minimum atomic E-state index is 0.0826. The van der Waals surface area contributed by atoms with Crippen LogP contribution in [0.4, 0.5) is 0 Å². The van der Waals surface area contributed by atoms with Gasteiger partial charge in [-0.2, -0.15) is 0 Å². The summed E-state index contributed by atoms with van der Waals surface area (Å²) in [4.78, 5) is 4.76. The fraction of sp³-hybridized carbons (Fsp3) is 0.368. The molecule has 0 unspecified atom stereocenters. The molecule has 2 aliphatic rings. The molecule has 0 saturated heterocycles. The fourth-order valence-corrected chi connectivity index (χ4v) is 6.85. The summed E-state index contributed by atoms with van der Waals surface area (Å²) in [6.07, 6.45) is 3.47. The van der Waals surface area contributed by atoms with Crippen LogP contribution < -0.4 is 23.7 Å². The monoisotopic (exact) mass is 624 g/mol. The summed E-state index contributed by atoms with van der Waals surface area (Å²) in [6.45, 7) is 1.89. The van der Waals surface area contributed by atoms with E-state index in [0.29, 0.717) is 17.2 Å². The van der Waals surface area contributed by atoms with E-state index in [4.69, 9.17) is 23.7 Å². The number of aromatic hydroxyl groups is 1. The summed E-state index contributed by atoms with van der Waals surface area (Å²) in [6, 6.07) is 22.6. The van der Waals surface area contributed by atoms with Crippen molar-refractivity contribution >= 4 is 0 Å². The maximum absolute atomic E-state index is 10.9. The molecule has 0 aromatic heterocycles. The Hall–Kier alpha value is -4.40. The van der Waals surface area contributed by atoms with Crippen LogP contribution in [0.2, 0.25) is 0 Å². The van der Waals surface area contributed by atoms with Crippen molar-refractivity contribution in [2.45, 2.75) is 37.8 Å². The van der Waals surface area contributed by atoms with Gasteiger partial charge in [-0.15, -0.1) is 0 Å². The topological polar surface area (TPSA) is 72.9 Å². The van der Waals surface area contributed by atoms with Crippen LogP contribution in [-0.4, -0.2) is 70.5 Å². The van der Waals surface area contributed by atoms with E-state index in [2.05, 4.69) is 60.3 Å². The van der Waals surface area contributed by atoms with Crippen LogP contribution in [0.15, 0.2) is 66.7 Å². The van der Waals surface area contributed by atoms with Crippen LogP contribution in [0, 0.1) is 0 Å². The Morgan fingerprint density at radius 1 is 0.587 bits per heavy atom. The second-order valence-electron chi connectivity index (χ2n) is 12.3. The minimum absolute atomic E-state index is 0.0826. The van der Waals surface area contributed by atoms with E-state index in [1.54, 1.807) is 34.5 Å². The molecule has 0 bridgehead atoms. The first-order chi connectivity index (χ1) is 22.3. The van der Waals surface area contributed by atoms with Crippen molar-refractivity contribution in [1.82, 2.24) is 9.80 Å². The first-order valence-electron chi connectivity index (χ1n) is 15.8. The highest BCUT2D eigenvalue weighted by atomic mass is 16.5. The van der Waals surface area contributed by atoms with Crippen LogP contribution in [0.1, 0.15) is 45.5 Å². The van der Waals surface area contributed by atoms with Gasteiger partial charge in [-0.3, -0.25) is 9.80 Å². The molecular weight excluding hydrogens is 580 g/mol. The summed E-state index contributed by atoms with van der Waals surface area (Å²) in [5.41, 5.74) is 7.25. The maximum Gasteiger partial charge on any atom is 0.169 e. The van der Waals surface area contributed by atoms with E-state index in [1.165, 1.54) is 27.8 Å². The number of hydrogen-bond donors (Lipinski definition) is 1. The van der Waals surface area contributed by atoms with Gasteiger partial charge in [0.1, 0.15) is 5.75 Å². The minimum Gasteiger partial charge on any atom is -0.504 e. The van der Waals surface area contributed by atoms with E-state index in [1.807, 2.05) is 24.3 Å². The van der Waals surface area contributed by atoms with Crippen LogP contribution in [0.3, 0.4) is 0 Å². The van der Waals surface area contributed by atoms with Crippen molar-refractivity contribution in [3.8, 4) is 40.2 Å². The number of ether oxygens (including phenoxy) is 5. The molecule has 0 fully saturated rings. The van der Waals surface area contributed by atoms with Crippen molar-refractivity contribution in [2.24, 2.45) is 0 Å². The second kappa shape index (κ2) is 13.5. The third-order valence-electron chi connectivity index (χ3n) is 9.58. The quantitative estimate of drug-likeness (QED) is 0.208. The number of methoxy groups -OCH3 is 4. The number of phenolic OH excluding ortho intramolecular Hbond substituents is 1. The summed E-state index contributed by atoms with van der Waals surface area (Å²) in [5, 5.41) is 10.9. The lowest BCUT2D eigenvalue weighted by molar-refractivity contribution is 0.227. The number of hydrogen-bond acceptors (Lipinski definition) is 8. The van der Waals surface area contributed by atoms with Gasteiger partial charge in [0, 0.05) is 25.2 Å². The Labute approximate surface area is 272 Å². The van der Waals surface area contributed by atoms with Crippen molar-refractivity contribution in [1.29, 1.82) is 0 Å². The SMILES string of the molecule is COc1ccc(C[C@@H]2c3cc(Oc4cc(C[C@H]5c6cc(OC)c(OC)cc6CCN5C)ccc4O)c(OC)cc3CCN2C)cc1. The average molecular weight is 625 g/mol. The zero-order valence-corrected chi connectivity index (χ0v) is 27.6. The highest BCUT2D eigenvalue weighted by molar-refractivity contribution is 5.54. The lowest BCUT2D eigenvalue weighted by atomic mass is 9.88. The molecule has 1 N–H and O–H groups in total. The molecule has 0 amide bonds. The fourth-order valence-electron chi connectivity index (χ4n) is 6.85. The van der Waals surface area contributed by atoms with Crippen LogP contribution in [-0.2, 0) is 25.7 Å². The van der Waals surface area contributed by atoms with Gasteiger partial charge in [-0.1, -0.05) is 18.2 Å². The summed E-state index contributed by atoms with van der Waals surface area (Å²) in [5.74, 6) is 4.05. The van der Waals surface area contributed by atoms with Crippen molar-refractivity contribution in [3.05, 3.63) is 100 Å². The highest BCUT2D eigenvalue weighted by Gasteiger charge is 2.29. The molecule has 4 aromatic carbocycles. The van der Waals surface area contributed by atoms with Gasteiger partial charge in [0.25, 0.3) is 0 Å². The second-order valence-corrected chi connectivity index (χ2v) is 12.3. The smallest absolute Gasteiger partial charge is 0.169 e. The van der Waals surface area contributed by atoms with Crippen LogP contribution in [0.25, 0.3) is 0 Å². The zero-order valence-electron chi connectivity index (χ0n) is 27.6. The Morgan fingerprint density at radius 2 is 1.09 bits per heavy atom. The summed E-state index contributed by atoms with van der Waals surface area (Å²) < 4.78 is 28.9. The molecule has 2 atom stereocenters. The molecule has 6 rings (SSSR count). The molecular formula is C38H44N2O6. The molecule has 0 spiro atoms. The number of rotatable bonds is 10.